The van der Waals surface area contributed by atoms with Gasteiger partial charge in [-0.1, -0.05) is 0 Å². The topological polar surface area (TPSA) is 31.2 Å². The van der Waals surface area contributed by atoms with E-state index in [1.807, 2.05) is 23.8 Å². The molecule has 1 rings (SSSR count). The Morgan fingerprint density at radius 2 is 2.14 bits per heavy atom. The Kier molecular flexibility index (Phi) is 2.99. The molecule has 0 atom stereocenters. The quantitative estimate of drug-likeness (QED) is 0.678. The van der Waals surface area contributed by atoms with E-state index < -0.39 is 0 Å². The highest BCUT2D eigenvalue weighted by molar-refractivity contribution is 5.87. The summed E-state index contributed by atoms with van der Waals surface area (Å²) in [4.78, 5) is 11.5. The molecule has 0 aliphatic heterocycles. The average Bonchev–Trinajstić information content (AvgIpc) is 2.50. The molecule has 0 spiro atoms. The molecule has 0 saturated heterocycles. The van der Waals surface area contributed by atoms with Crippen molar-refractivity contribution in [2.24, 2.45) is 0 Å². The summed E-state index contributed by atoms with van der Waals surface area (Å²) in [6.45, 7) is 8.37. The second kappa shape index (κ2) is 3.86. The summed E-state index contributed by atoms with van der Waals surface area (Å²) >= 11 is 0. The second-order valence-electron chi connectivity index (χ2n) is 4.15. The summed E-state index contributed by atoms with van der Waals surface area (Å²) in [5, 5.41) is 0. The van der Waals surface area contributed by atoms with Gasteiger partial charge in [0, 0.05) is 11.7 Å². The van der Waals surface area contributed by atoms with Crippen molar-refractivity contribution in [1.82, 2.24) is 4.57 Å². The van der Waals surface area contributed by atoms with Crippen LogP contribution in [0, 0.1) is 0 Å². The summed E-state index contributed by atoms with van der Waals surface area (Å²) in [6.07, 6.45) is 1.90. The summed E-state index contributed by atoms with van der Waals surface area (Å²) in [5.74, 6) is -0.257. The number of carbonyl (C=O) groups excluding carboxylic acids is 1. The molecule has 1 aromatic rings. The first kappa shape index (κ1) is 10.8. The van der Waals surface area contributed by atoms with Gasteiger partial charge in [0.1, 0.15) is 5.69 Å². The molecule has 0 unspecified atom stereocenters. The summed E-state index contributed by atoms with van der Waals surface area (Å²) in [5.41, 5.74) is 0.519. The van der Waals surface area contributed by atoms with Crippen molar-refractivity contribution in [1.29, 1.82) is 0 Å². The third kappa shape index (κ3) is 2.16. The Balaban J connectivity index is 2.99. The van der Waals surface area contributed by atoms with Crippen molar-refractivity contribution in [2.45, 2.75) is 33.2 Å². The van der Waals surface area contributed by atoms with Gasteiger partial charge in [-0.25, -0.2) is 4.79 Å². The van der Waals surface area contributed by atoms with E-state index in [-0.39, 0.29) is 11.5 Å². The van der Waals surface area contributed by atoms with Crippen LogP contribution in [0.2, 0.25) is 0 Å². The lowest BCUT2D eigenvalue weighted by Crippen LogP contribution is -2.25. The van der Waals surface area contributed by atoms with Crippen LogP contribution in [0.1, 0.15) is 38.2 Å². The number of hydrogen-bond acceptors (Lipinski definition) is 2. The van der Waals surface area contributed by atoms with Gasteiger partial charge in [-0.3, -0.25) is 0 Å². The van der Waals surface area contributed by atoms with Gasteiger partial charge in [-0.05, 0) is 39.8 Å². The highest BCUT2D eigenvalue weighted by Gasteiger charge is 2.20. The molecule has 1 heterocycles. The largest absolute Gasteiger partial charge is 0.461 e. The maximum absolute atomic E-state index is 11.5. The van der Waals surface area contributed by atoms with E-state index in [1.165, 1.54) is 0 Å². The fraction of sp³-hybridized carbons (Fsp3) is 0.545. The van der Waals surface area contributed by atoms with Crippen molar-refractivity contribution >= 4 is 5.97 Å². The molecule has 0 radical (unpaired) electrons. The van der Waals surface area contributed by atoms with Crippen molar-refractivity contribution in [3.05, 3.63) is 24.0 Å². The zero-order valence-corrected chi connectivity index (χ0v) is 9.20. The standard InChI is InChI=1S/C11H17NO2/c1-5-14-10(13)9-7-6-8-12(9)11(2,3)4/h6-8H,5H2,1-4H3. The fourth-order valence-electron chi connectivity index (χ4n) is 1.34. The molecule has 3 heteroatoms. The van der Waals surface area contributed by atoms with E-state index in [9.17, 15) is 4.79 Å². The number of rotatable bonds is 2. The van der Waals surface area contributed by atoms with Crippen LogP contribution in [-0.4, -0.2) is 17.1 Å². The summed E-state index contributed by atoms with van der Waals surface area (Å²) in [6, 6.07) is 3.64. The molecule has 0 aromatic carbocycles. The predicted octanol–water partition coefficient (Wildman–Crippen LogP) is 2.42. The van der Waals surface area contributed by atoms with E-state index in [0.29, 0.717) is 12.3 Å². The van der Waals surface area contributed by atoms with E-state index >= 15 is 0 Å². The van der Waals surface area contributed by atoms with Crippen molar-refractivity contribution in [3.63, 3.8) is 0 Å². The van der Waals surface area contributed by atoms with Crippen LogP contribution in [0.4, 0.5) is 0 Å². The zero-order chi connectivity index (χ0) is 10.8. The Bertz CT molecular complexity index is 320. The highest BCUT2D eigenvalue weighted by Crippen LogP contribution is 2.18. The molecule has 1 aromatic heterocycles. The van der Waals surface area contributed by atoms with Crippen LogP contribution in [0.15, 0.2) is 18.3 Å². The SMILES string of the molecule is CCOC(=O)c1cccn1C(C)(C)C. The number of aromatic nitrogens is 1. The van der Waals surface area contributed by atoms with Crippen LogP contribution in [0.3, 0.4) is 0 Å². The Morgan fingerprint density at radius 3 is 2.64 bits per heavy atom. The van der Waals surface area contributed by atoms with Gasteiger partial charge in [0.15, 0.2) is 0 Å². The van der Waals surface area contributed by atoms with E-state index in [0.717, 1.165) is 0 Å². The number of hydrogen-bond donors (Lipinski definition) is 0. The van der Waals surface area contributed by atoms with E-state index in [1.54, 1.807) is 6.07 Å². The molecule has 0 fully saturated rings. The minimum Gasteiger partial charge on any atom is -0.461 e. The van der Waals surface area contributed by atoms with Gasteiger partial charge < -0.3 is 9.30 Å². The van der Waals surface area contributed by atoms with Crippen molar-refractivity contribution < 1.29 is 9.53 Å². The molecule has 0 bridgehead atoms. The molecule has 3 nitrogen and oxygen atoms in total. The Labute approximate surface area is 84.7 Å². The number of carbonyl (C=O) groups is 1. The smallest absolute Gasteiger partial charge is 0.354 e. The Hall–Kier alpha value is -1.25. The highest BCUT2D eigenvalue weighted by atomic mass is 16.5. The minimum atomic E-state index is -0.257. The maximum atomic E-state index is 11.5. The maximum Gasteiger partial charge on any atom is 0.354 e. The fourth-order valence-corrected chi connectivity index (χ4v) is 1.34. The van der Waals surface area contributed by atoms with E-state index in [2.05, 4.69) is 20.8 Å². The third-order valence-electron chi connectivity index (χ3n) is 1.96. The monoisotopic (exact) mass is 195 g/mol. The molecule has 0 aliphatic carbocycles. The van der Waals surface area contributed by atoms with Crippen LogP contribution in [0.25, 0.3) is 0 Å². The van der Waals surface area contributed by atoms with Crippen LogP contribution < -0.4 is 0 Å². The second-order valence-corrected chi connectivity index (χ2v) is 4.15. The van der Waals surface area contributed by atoms with Crippen molar-refractivity contribution in [3.8, 4) is 0 Å². The molecule has 78 valence electrons. The van der Waals surface area contributed by atoms with Gasteiger partial charge in [0.05, 0.1) is 6.61 Å². The molecular formula is C11H17NO2. The van der Waals surface area contributed by atoms with Gasteiger partial charge in [-0.2, -0.15) is 0 Å². The first-order valence-electron chi connectivity index (χ1n) is 4.81. The third-order valence-corrected chi connectivity index (χ3v) is 1.96. The average molecular weight is 195 g/mol. The van der Waals surface area contributed by atoms with E-state index in [4.69, 9.17) is 4.74 Å². The first-order valence-corrected chi connectivity index (χ1v) is 4.81. The zero-order valence-electron chi connectivity index (χ0n) is 9.20. The molecule has 0 amide bonds. The first-order chi connectivity index (χ1) is 6.46. The lowest BCUT2D eigenvalue weighted by molar-refractivity contribution is 0.0507. The number of esters is 1. The Morgan fingerprint density at radius 1 is 1.50 bits per heavy atom. The van der Waals surface area contributed by atoms with Gasteiger partial charge in [0.2, 0.25) is 0 Å². The molecule has 14 heavy (non-hydrogen) atoms. The number of ether oxygens (including phenoxy) is 1. The lowest BCUT2D eigenvalue weighted by atomic mass is 10.1. The van der Waals surface area contributed by atoms with Crippen molar-refractivity contribution in [2.75, 3.05) is 6.61 Å². The van der Waals surface area contributed by atoms with Crippen LogP contribution in [0.5, 0.6) is 0 Å². The van der Waals surface area contributed by atoms with Crippen LogP contribution >= 0.6 is 0 Å². The lowest BCUT2D eigenvalue weighted by Gasteiger charge is -2.23. The summed E-state index contributed by atoms with van der Waals surface area (Å²) in [7, 11) is 0. The van der Waals surface area contributed by atoms with Gasteiger partial charge in [0.25, 0.3) is 0 Å². The van der Waals surface area contributed by atoms with Gasteiger partial charge in [-0.15, -0.1) is 0 Å². The summed E-state index contributed by atoms with van der Waals surface area (Å²) < 4.78 is 6.88. The van der Waals surface area contributed by atoms with Crippen LogP contribution in [-0.2, 0) is 10.3 Å². The molecule has 0 saturated carbocycles. The van der Waals surface area contributed by atoms with Gasteiger partial charge >= 0.3 is 5.97 Å². The molecule has 0 aliphatic rings. The normalized spacial score (nSPS) is 11.4. The molecule has 0 N–H and O–H groups in total. The molecular weight excluding hydrogens is 178 g/mol. The predicted molar refractivity (Wildman–Crippen MR) is 55.4 cm³/mol. The number of nitrogens with zero attached hydrogens (tertiary/aromatic N) is 1. The minimum absolute atomic E-state index is 0.0917.